The average molecular weight is 1600 g/mol. The molecule has 6 saturated carbocycles. The van der Waals surface area contributed by atoms with Crippen LogP contribution in [-0.2, 0) is 14.2 Å². The fourth-order valence-electron chi connectivity index (χ4n) is 10.4. The summed E-state index contributed by atoms with van der Waals surface area (Å²) in [6.45, 7) is -10.7. The summed E-state index contributed by atoms with van der Waals surface area (Å²) >= 11 is 0.229. The zero-order valence-corrected chi connectivity index (χ0v) is 58.8. The number of rotatable bonds is 30. The van der Waals surface area contributed by atoms with Crippen LogP contribution in [0.5, 0.6) is 0 Å². The quantitative estimate of drug-likeness (QED) is 0.0168. The zero-order chi connectivity index (χ0) is 116. The van der Waals surface area contributed by atoms with Gasteiger partial charge in [0.05, 0.1) is 103 Å². The van der Waals surface area contributed by atoms with E-state index in [0.717, 1.165) is 39.0 Å². The molecule has 36 heteroatoms. The monoisotopic (exact) mass is 1600 g/mol. The summed E-state index contributed by atoms with van der Waals surface area (Å²) in [6.07, 6.45) is -63.7. The Morgan fingerprint density at radius 1 is 0.463 bits per heavy atom. The topological polar surface area (TPSA) is 415 Å². The van der Waals surface area contributed by atoms with E-state index in [1.807, 2.05) is 0 Å². The van der Waals surface area contributed by atoms with E-state index < -0.39 is 306 Å². The van der Waals surface area contributed by atoms with Crippen LogP contribution in [0.15, 0.2) is 70.1 Å². The number of nitrogens with zero attached hydrogens (tertiary/aromatic N) is 15. The minimum Gasteiger partial charge on any atom is -0.394 e. The molecule has 9 aromatic rings. The summed E-state index contributed by atoms with van der Waals surface area (Å²) in [5, 5.41) is 124. The van der Waals surface area contributed by atoms with Gasteiger partial charge in [-0.15, -0.1) is 15.3 Å². The molecule has 6 heterocycles. The lowest BCUT2D eigenvalue weighted by atomic mass is 10.1. The third-order valence-corrected chi connectivity index (χ3v) is 17.9. The number of aromatic nitrogens is 15. The molecular formula is C72H93F3N18O12S3. The molecule has 582 valence electrons. The number of hydrogen-bond donors (Lipinski definition) is 12. The van der Waals surface area contributed by atoms with Crippen LogP contribution < -0.4 is 16.0 Å². The lowest BCUT2D eigenvalue weighted by Gasteiger charge is -2.17. The Kier molecular flexibility index (Phi) is 13.3. The van der Waals surface area contributed by atoms with E-state index in [2.05, 4.69) is 86.3 Å². The minimum atomic E-state index is -4.41. The van der Waals surface area contributed by atoms with Crippen molar-refractivity contribution in [3.8, 4) is 0 Å². The molecule has 0 unspecified atom stereocenters. The number of aryl methyl sites for hydroxylation is 3. The second-order valence-corrected chi connectivity index (χ2v) is 25.3. The molecule has 15 rings (SSSR count). The molecule has 6 aliphatic rings. The third kappa shape index (κ3) is 17.5. The molecule has 0 saturated heterocycles. The van der Waals surface area contributed by atoms with E-state index in [4.69, 9.17) is 65.1 Å². The summed E-state index contributed by atoms with van der Waals surface area (Å²) in [5.74, 6) is -6.23. The maximum atomic E-state index is 14.4. The van der Waals surface area contributed by atoms with E-state index >= 15 is 0 Å². The van der Waals surface area contributed by atoms with Gasteiger partial charge >= 0.3 is 0 Å². The zero-order valence-electron chi connectivity index (χ0n) is 100. The Balaban J connectivity index is 0.000000190. The Morgan fingerprint density at radius 2 is 0.787 bits per heavy atom. The molecule has 12 N–H and O–H groups in total. The van der Waals surface area contributed by atoms with Crippen molar-refractivity contribution < 1.29 is 134 Å². The van der Waals surface area contributed by atoms with Gasteiger partial charge < -0.3 is 76.1 Å². The van der Waals surface area contributed by atoms with Crippen molar-refractivity contribution in [1.82, 2.24) is 74.9 Å². The second kappa shape index (κ2) is 35.1. The van der Waals surface area contributed by atoms with E-state index in [-0.39, 0.29) is 71.6 Å². The van der Waals surface area contributed by atoms with Crippen LogP contribution >= 0.6 is 35.3 Å². The van der Waals surface area contributed by atoms with Crippen molar-refractivity contribution in [3.63, 3.8) is 0 Å². The van der Waals surface area contributed by atoms with Gasteiger partial charge in [0.2, 0.25) is 0 Å². The van der Waals surface area contributed by atoms with E-state index in [1.165, 1.54) is 57.2 Å². The smallest absolute Gasteiger partial charge is 0.191 e. The Bertz CT molecular complexity index is 6880. The first-order valence-corrected chi connectivity index (χ1v) is 33.9. The average Bonchev–Trinajstić information content (AvgIpc) is 1.48. The van der Waals surface area contributed by atoms with Crippen LogP contribution in [0, 0.1) is 38.2 Å². The summed E-state index contributed by atoms with van der Waals surface area (Å²) in [6, 6.07) is -3.10. The number of ether oxygens (including phenoxy) is 3. The van der Waals surface area contributed by atoms with Crippen LogP contribution in [0.3, 0.4) is 0 Å². The summed E-state index contributed by atoms with van der Waals surface area (Å²) in [7, 11) is 0. The molecule has 0 aliphatic heterocycles. The van der Waals surface area contributed by atoms with Crippen LogP contribution in [0.2, 0.25) is 0 Å². The van der Waals surface area contributed by atoms with E-state index in [0.29, 0.717) is 11.1 Å². The second-order valence-electron chi connectivity index (χ2n) is 22.9. The molecule has 6 aliphatic carbocycles. The summed E-state index contributed by atoms with van der Waals surface area (Å²) in [4.78, 5) is 24.5. The van der Waals surface area contributed by atoms with Crippen molar-refractivity contribution in [2.45, 2.75) is 223 Å². The van der Waals surface area contributed by atoms with Crippen molar-refractivity contribution in [1.29, 1.82) is 0 Å². The van der Waals surface area contributed by atoms with Gasteiger partial charge in [0.1, 0.15) is 53.9 Å². The molecule has 108 heavy (non-hydrogen) atoms. The number of nitrogens with one attached hydrogen (secondary N) is 3. The molecule has 3 aromatic carbocycles. The number of hydrogen-bond acceptors (Lipinski definition) is 30. The molecule has 0 amide bonds. The highest BCUT2D eigenvalue weighted by Crippen LogP contribution is 2.48. The SMILES string of the molecule is [2H]C([2H])(CO)O[C@@]1([2H])C([2H])([2H])[C@@]([2H])(n2nnc3c(N[C@H]4[C@H](c5ccc(C)c(F)c5)C4([2H])[2H])nc(SC([2H])([2H])C([2H])([2H])C)nc32)[C@]([2H])(O)[C@]1([2H])O.[2H]C([2H])(O)CO[C@@]1([2H])C([2H])([2H])[C@@]([2H])(n2nnc3c(N[C@H]4[C@H](c5ccc(C)c(F)c5)C4([2H])[2H])nc(SC([2H])([2H])C([2H])([2H])C)nc32)[C@]([2H])(O)[C@]1([2H])O.[2H]C1([2H])[C@@H](Nc2nc(SC([2H])([2H])C([2H])([2H])C)nc3c2nnn3[C@]2([2H])C([2H])([2H])[C@]([2H])(OC([2H])([2H])C([2H])([2H])O)[C@@]([2H])(O)[C@@]2([2H])O)[C@@H]1c1ccc(C)c(F)c1. The van der Waals surface area contributed by atoms with Crippen LogP contribution in [0.4, 0.5) is 30.6 Å². The highest BCUT2D eigenvalue weighted by Gasteiger charge is 2.49. The van der Waals surface area contributed by atoms with Gasteiger partial charge in [0, 0.05) is 105 Å². The molecule has 30 nitrogen and oxygen atoms in total. The predicted octanol–water partition coefficient (Wildman–Crippen LogP) is 6.55. The first-order chi connectivity index (χ1) is 68.0. The lowest BCUT2D eigenvalue weighted by Crippen LogP contribution is -2.33. The van der Waals surface area contributed by atoms with Gasteiger partial charge in [0.25, 0.3) is 0 Å². The number of benzene rings is 3. The van der Waals surface area contributed by atoms with Crippen molar-refractivity contribution >= 4 is 86.2 Å². The van der Waals surface area contributed by atoms with Crippen LogP contribution in [0.25, 0.3) is 33.5 Å². The first-order valence-electron chi connectivity index (χ1n) is 53.5. The first kappa shape index (κ1) is 40.9. The normalized spacial score (nSPS) is 45.9. The largest absolute Gasteiger partial charge is 0.394 e. The fraction of sp³-hybridized carbons (Fsp3) is 0.583. The molecule has 0 spiro atoms. The molecule has 18 atom stereocenters. The predicted molar refractivity (Wildman–Crippen MR) is 398 cm³/mol. The maximum absolute atomic E-state index is 14.4. The highest BCUT2D eigenvalue weighted by molar-refractivity contribution is 7.99. The van der Waals surface area contributed by atoms with Gasteiger partial charge in [-0.05, 0) is 111 Å². The molecule has 6 aromatic heterocycles. The third-order valence-electron chi connectivity index (χ3n) is 15.9. The van der Waals surface area contributed by atoms with Gasteiger partial charge in [0.15, 0.2) is 66.4 Å². The van der Waals surface area contributed by atoms with Crippen molar-refractivity contribution in [2.24, 2.45) is 0 Å². The number of halogens is 3. The summed E-state index contributed by atoms with van der Waals surface area (Å²) < 4.78 is 421. The molecule has 6 fully saturated rings. The van der Waals surface area contributed by atoms with Gasteiger partial charge in [-0.1, -0.05) is 108 Å². The minimum absolute atomic E-state index is 0.0287. The Hall–Kier alpha value is -7.14. The van der Waals surface area contributed by atoms with Crippen molar-refractivity contribution in [3.05, 3.63) is 105 Å². The van der Waals surface area contributed by atoms with E-state index in [9.17, 15) is 59.1 Å². The van der Waals surface area contributed by atoms with E-state index in [1.54, 1.807) is 0 Å². The summed E-state index contributed by atoms with van der Waals surface area (Å²) in [5.41, 5.74) is -11.0. The van der Waals surface area contributed by atoms with Crippen LogP contribution in [0.1, 0.15) is 208 Å². The number of thioether (sulfide) groups is 3. The molecule has 0 bridgehead atoms. The molecular weight excluding hydrogens is 1460 g/mol. The number of aliphatic hydroxyl groups excluding tert-OH is 1. The Labute approximate surface area is 695 Å². The maximum Gasteiger partial charge on any atom is 0.191 e. The van der Waals surface area contributed by atoms with Crippen molar-refractivity contribution in [2.75, 3.05) is 72.5 Å². The lowest BCUT2D eigenvalue weighted by molar-refractivity contribution is -0.0629. The standard InChI is InChI=1S/3C24H31FN6O4S/c3*1-3-8-36-24-27-22(26-16-10-14(16)13-5-4-12(2)15(25)9-13)19-23(28-24)31(30-29-19)17-11-18(35-7-6-32)21(34)20(17)33/h3*4-5,9,14,16-18,20-21,32-34H,3,6-8,10-11H2,1-2H3,(H,26,27,28)/t3*14-,16+,17+,18-,20-,21+/m000/s1/i3D2,6D2,7D2,8D2,10D2,11D2,17D,18D,20D,21D;3D2,7D2,8D2,10D2,11D2,17D,18D,20D,21D;3D2,6D2,8D2,10D2,11D2,17D,18D,20D,21D. The fourth-order valence-corrected chi connectivity index (χ4v) is 11.8. The highest BCUT2D eigenvalue weighted by atomic mass is 32.2. The number of aliphatic hydroxyl groups is 9. The van der Waals surface area contributed by atoms with Gasteiger partial charge in [-0.25, -0.2) is 57.1 Å². The van der Waals surface area contributed by atoms with Crippen LogP contribution in [-0.4, -0.2) is 250 Å². The number of anilines is 3. The Morgan fingerprint density at radius 3 is 1.08 bits per heavy atom. The van der Waals surface area contributed by atoms with Gasteiger partial charge in [-0.3, -0.25) is 0 Å². The number of fused-ring (bicyclic) bond motifs is 3. The molecule has 0 radical (unpaired) electrons. The van der Waals surface area contributed by atoms with Gasteiger partial charge in [-0.2, -0.15) is 0 Å².